The van der Waals surface area contributed by atoms with Gasteiger partial charge in [0.2, 0.25) is 0 Å². The first kappa shape index (κ1) is 14.9. The third-order valence-electron chi connectivity index (χ3n) is 2.59. The lowest BCUT2D eigenvalue weighted by Crippen LogP contribution is -2.31. The Balaban J connectivity index is 2.79. The largest absolute Gasteiger partial charge is 0.395 e. The van der Waals surface area contributed by atoms with E-state index in [0.717, 1.165) is 0 Å². The summed E-state index contributed by atoms with van der Waals surface area (Å²) in [5, 5.41) is 8.83. The van der Waals surface area contributed by atoms with E-state index in [0.29, 0.717) is 11.1 Å². The molecule has 0 bridgehead atoms. The SMILES string of the molecule is NCc1cc(F)ccc1CN(CCO)CC(F)F. The molecule has 0 aliphatic carbocycles. The Bertz CT molecular complexity index is 374. The molecule has 6 heteroatoms. The van der Waals surface area contributed by atoms with Gasteiger partial charge in [0.25, 0.3) is 6.43 Å². The molecule has 102 valence electrons. The maximum absolute atomic E-state index is 13.0. The van der Waals surface area contributed by atoms with Gasteiger partial charge >= 0.3 is 0 Å². The van der Waals surface area contributed by atoms with Gasteiger partial charge in [-0.05, 0) is 23.3 Å². The Morgan fingerprint density at radius 3 is 2.56 bits per heavy atom. The predicted molar refractivity (Wildman–Crippen MR) is 62.7 cm³/mol. The van der Waals surface area contributed by atoms with Gasteiger partial charge in [-0.15, -0.1) is 0 Å². The molecule has 0 aliphatic heterocycles. The van der Waals surface area contributed by atoms with Crippen LogP contribution >= 0.6 is 0 Å². The molecule has 0 unspecified atom stereocenters. The molecule has 3 N–H and O–H groups in total. The van der Waals surface area contributed by atoms with Gasteiger partial charge in [-0.1, -0.05) is 6.07 Å². The van der Waals surface area contributed by atoms with E-state index < -0.39 is 18.8 Å². The van der Waals surface area contributed by atoms with Gasteiger partial charge in [-0.3, -0.25) is 4.90 Å². The third kappa shape index (κ3) is 4.64. The van der Waals surface area contributed by atoms with E-state index in [2.05, 4.69) is 0 Å². The second kappa shape index (κ2) is 7.35. The van der Waals surface area contributed by atoms with Crippen LogP contribution in [0.5, 0.6) is 0 Å². The van der Waals surface area contributed by atoms with Gasteiger partial charge in [0.1, 0.15) is 5.82 Å². The van der Waals surface area contributed by atoms with Crippen LogP contribution in [0.15, 0.2) is 18.2 Å². The number of nitrogens with zero attached hydrogens (tertiary/aromatic N) is 1. The van der Waals surface area contributed by atoms with Crippen molar-refractivity contribution in [1.82, 2.24) is 4.90 Å². The van der Waals surface area contributed by atoms with Gasteiger partial charge in [0.15, 0.2) is 0 Å². The zero-order valence-electron chi connectivity index (χ0n) is 9.95. The summed E-state index contributed by atoms with van der Waals surface area (Å²) in [6.45, 7) is -0.119. The second-order valence-corrected chi connectivity index (χ2v) is 3.97. The standard InChI is InChI=1S/C12H17F3N2O/c13-11-2-1-9(10(5-11)6-16)7-17(3-4-18)8-12(14)15/h1-2,5,12,18H,3-4,6-8,16H2. The van der Waals surface area contributed by atoms with Crippen LogP contribution < -0.4 is 5.73 Å². The van der Waals surface area contributed by atoms with Crippen LogP contribution in [-0.4, -0.2) is 36.1 Å². The van der Waals surface area contributed by atoms with Crippen LogP contribution in [0.2, 0.25) is 0 Å². The van der Waals surface area contributed by atoms with Crippen LogP contribution in [0.1, 0.15) is 11.1 Å². The Morgan fingerprint density at radius 1 is 1.28 bits per heavy atom. The summed E-state index contributed by atoms with van der Waals surface area (Å²) < 4.78 is 37.7. The molecule has 0 saturated heterocycles. The fourth-order valence-corrected chi connectivity index (χ4v) is 1.75. The molecule has 18 heavy (non-hydrogen) atoms. The van der Waals surface area contributed by atoms with Crippen LogP contribution in [0.25, 0.3) is 0 Å². The molecule has 0 aromatic heterocycles. The van der Waals surface area contributed by atoms with Gasteiger partial charge in [-0.2, -0.15) is 0 Å². The molecule has 1 rings (SSSR count). The number of aliphatic hydroxyl groups excluding tert-OH is 1. The zero-order chi connectivity index (χ0) is 13.5. The van der Waals surface area contributed by atoms with E-state index in [4.69, 9.17) is 10.8 Å². The lowest BCUT2D eigenvalue weighted by atomic mass is 10.1. The summed E-state index contributed by atoms with van der Waals surface area (Å²) in [5.74, 6) is -0.401. The first-order valence-corrected chi connectivity index (χ1v) is 5.65. The highest BCUT2D eigenvalue weighted by atomic mass is 19.3. The Morgan fingerprint density at radius 2 is 2.00 bits per heavy atom. The van der Waals surface area contributed by atoms with Crippen LogP contribution in [0.3, 0.4) is 0 Å². The molecular formula is C12H17F3N2O. The number of benzene rings is 1. The summed E-state index contributed by atoms with van der Waals surface area (Å²) in [5.41, 5.74) is 6.78. The molecule has 0 spiro atoms. The van der Waals surface area contributed by atoms with Gasteiger partial charge in [-0.25, -0.2) is 13.2 Å². The molecule has 1 aromatic rings. The normalized spacial score (nSPS) is 11.5. The predicted octanol–water partition coefficient (Wildman–Crippen LogP) is 1.34. The number of alkyl halides is 2. The van der Waals surface area contributed by atoms with Gasteiger partial charge in [0.05, 0.1) is 13.2 Å². The van der Waals surface area contributed by atoms with E-state index in [1.54, 1.807) is 0 Å². The molecule has 0 fully saturated rings. The number of aliphatic hydroxyl groups is 1. The summed E-state index contributed by atoms with van der Waals surface area (Å²) >= 11 is 0. The average molecular weight is 262 g/mol. The summed E-state index contributed by atoms with van der Waals surface area (Å²) in [7, 11) is 0. The van der Waals surface area contributed by atoms with Crippen molar-refractivity contribution in [2.75, 3.05) is 19.7 Å². The molecular weight excluding hydrogens is 245 g/mol. The molecule has 0 heterocycles. The number of rotatable bonds is 7. The van der Waals surface area contributed by atoms with E-state index in [1.165, 1.54) is 23.1 Å². The summed E-state index contributed by atoms with van der Waals surface area (Å²) in [4.78, 5) is 1.41. The molecule has 0 amide bonds. The van der Waals surface area contributed by atoms with Crippen LogP contribution in [0.4, 0.5) is 13.2 Å². The van der Waals surface area contributed by atoms with Crippen molar-refractivity contribution in [2.24, 2.45) is 5.73 Å². The monoisotopic (exact) mass is 262 g/mol. The molecule has 0 radical (unpaired) electrons. The first-order chi connectivity index (χ1) is 8.56. The maximum atomic E-state index is 13.0. The van der Waals surface area contributed by atoms with Gasteiger partial charge in [0, 0.05) is 19.6 Å². The van der Waals surface area contributed by atoms with Crippen molar-refractivity contribution in [3.05, 3.63) is 35.1 Å². The van der Waals surface area contributed by atoms with Crippen molar-refractivity contribution in [3.8, 4) is 0 Å². The van der Waals surface area contributed by atoms with Gasteiger partial charge < -0.3 is 10.8 Å². The van der Waals surface area contributed by atoms with Crippen LogP contribution in [-0.2, 0) is 13.1 Å². The smallest absolute Gasteiger partial charge is 0.251 e. The highest BCUT2D eigenvalue weighted by Gasteiger charge is 2.13. The van der Waals surface area contributed by atoms with E-state index in [1.807, 2.05) is 0 Å². The number of hydrogen-bond acceptors (Lipinski definition) is 3. The number of hydrogen-bond donors (Lipinski definition) is 2. The highest BCUT2D eigenvalue weighted by molar-refractivity contribution is 5.27. The molecule has 1 aromatic carbocycles. The fraction of sp³-hybridized carbons (Fsp3) is 0.500. The zero-order valence-corrected chi connectivity index (χ0v) is 9.95. The summed E-state index contributed by atoms with van der Waals surface area (Å²) in [6.07, 6.45) is -2.47. The molecule has 0 atom stereocenters. The Kier molecular flexibility index (Phi) is 6.11. The topological polar surface area (TPSA) is 49.5 Å². The van der Waals surface area contributed by atoms with Crippen molar-refractivity contribution in [1.29, 1.82) is 0 Å². The van der Waals surface area contributed by atoms with Crippen molar-refractivity contribution >= 4 is 0 Å². The van der Waals surface area contributed by atoms with Crippen molar-refractivity contribution in [2.45, 2.75) is 19.5 Å². The Hall–Kier alpha value is -1.11. The minimum Gasteiger partial charge on any atom is -0.395 e. The fourth-order valence-electron chi connectivity index (χ4n) is 1.75. The number of halogens is 3. The van der Waals surface area contributed by atoms with Crippen molar-refractivity contribution < 1.29 is 18.3 Å². The lowest BCUT2D eigenvalue weighted by molar-refractivity contribution is 0.0745. The third-order valence-corrected chi connectivity index (χ3v) is 2.59. The van der Waals surface area contributed by atoms with E-state index in [-0.39, 0.29) is 26.2 Å². The van der Waals surface area contributed by atoms with Crippen molar-refractivity contribution in [3.63, 3.8) is 0 Å². The second-order valence-electron chi connectivity index (χ2n) is 3.97. The molecule has 0 saturated carbocycles. The highest BCUT2D eigenvalue weighted by Crippen LogP contribution is 2.14. The van der Waals surface area contributed by atoms with E-state index >= 15 is 0 Å². The summed E-state index contributed by atoms with van der Waals surface area (Å²) in [6, 6.07) is 4.11. The average Bonchev–Trinajstić information content (AvgIpc) is 2.31. The quantitative estimate of drug-likeness (QED) is 0.779. The molecule has 3 nitrogen and oxygen atoms in total. The maximum Gasteiger partial charge on any atom is 0.251 e. The minimum absolute atomic E-state index is 0.145. The molecule has 0 aliphatic rings. The lowest BCUT2D eigenvalue weighted by Gasteiger charge is -2.22. The number of nitrogens with two attached hydrogens (primary N) is 1. The Labute approximate surface area is 104 Å². The first-order valence-electron chi connectivity index (χ1n) is 5.65. The van der Waals surface area contributed by atoms with E-state index in [9.17, 15) is 13.2 Å². The minimum atomic E-state index is -2.47. The van der Waals surface area contributed by atoms with Crippen LogP contribution in [0, 0.1) is 5.82 Å².